The molecule has 240 valence electrons. The van der Waals surface area contributed by atoms with Gasteiger partial charge in [0, 0.05) is 51.0 Å². The number of carbonyl (C=O) groups is 2. The van der Waals surface area contributed by atoms with Gasteiger partial charge in [0.25, 0.3) is 0 Å². The van der Waals surface area contributed by atoms with Crippen LogP contribution < -0.4 is 5.32 Å². The van der Waals surface area contributed by atoms with E-state index in [9.17, 15) is 14.7 Å². The number of aliphatic hydroxyl groups excluding tert-OH is 1. The lowest BCUT2D eigenvalue weighted by Gasteiger charge is -2.38. The second-order valence-corrected chi connectivity index (χ2v) is 11.8. The van der Waals surface area contributed by atoms with E-state index in [4.69, 9.17) is 14.6 Å². The van der Waals surface area contributed by atoms with E-state index in [-0.39, 0.29) is 37.6 Å². The molecule has 0 bridgehead atoms. The Labute approximate surface area is 270 Å². The molecule has 5 rings (SSSR count). The Kier molecular flexibility index (Phi) is 12.1. The zero-order chi connectivity index (χ0) is 32.1. The lowest BCUT2D eigenvalue weighted by molar-refractivity contribution is -0.253. The first-order chi connectivity index (χ1) is 22.4. The first kappa shape index (κ1) is 33.0. The van der Waals surface area contributed by atoms with Crippen LogP contribution in [0, 0.1) is 0 Å². The third-order valence-electron chi connectivity index (χ3n) is 8.11. The molecule has 3 N–H and O–H groups in total. The summed E-state index contributed by atoms with van der Waals surface area (Å²) in [7, 11) is 0. The molecular weight excluding hydrogens is 580 g/mol. The first-order valence-corrected chi connectivity index (χ1v) is 15.8. The number of nitrogens with zero attached hydrogens (tertiary/aromatic N) is 1. The quantitative estimate of drug-likeness (QED) is 0.143. The van der Waals surface area contributed by atoms with Crippen LogP contribution in [0.4, 0.5) is 0 Å². The summed E-state index contributed by atoms with van der Waals surface area (Å²) in [5.74, 6) is -1.07. The molecule has 0 aromatic heterocycles. The second-order valence-electron chi connectivity index (χ2n) is 11.8. The van der Waals surface area contributed by atoms with Crippen molar-refractivity contribution in [1.29, 1.82) is 0 Å². The number of rotatable bonds is 15. The van der Waals surface area contributed by atoms with Crippen LogP contribution in [0.3, 0.4) is 0 Å². The van der Waals surface area contributed by atoms with Gasteiger partial charge in [-0.2, -0.15) is 0 Å². The molecule has 1 fully saturated rings. The molecule has 46 heavy (non-hydrogen) atoms. The molecule has 1 saturated heterocycles. The van der Waals surface area contributed by atoms with Crippen molar-refractivity contribution in [2.24, 2.45) is 0 Å². The minimum absolute atomic E-state index is 0.0107. The number of aliphatic carboxylic acids is 1. The minimum Gasteiger partial charge on any atom is -0.481 e. The summed E-state index contributed by atoms with van der Waals surface area (Å²) in [4.78, 5) is 25.2. The van der Waals surface area contributed by atoms with Gasteiger partial charge in [-0.25, -0.2) is 0 Å². The van der Waals surface area contributed by atoms with E-state index in [1.807, 2.05) is 60.7 Å². The third-order valence-corrected chi connectivity index (χ3v) is 8.11. The largest absolute Gasteiger partial charge is 0.481 e. The van der Waals surface area contributed by atoms with Gasteiger partial charge in [0.1, 0.15) is 0 Å². The lowest BCUT2D eigenvalue weighted by atomic mass is 9.99. The van der Waals surface area contributed by atoms with Gasteiger partial charge in [0.2, 0.25) is 5.91 Å². The fraction of sp³-hybridized carbons (Fsp3) is 0.316. The highest BCUT2D eigenvalue weighted by molar-refractivity contribution is 5.76. The van der Waals surface area contributed by atoms with Crippen molar-refractivity contribution >= 4 is 11.9 Å². The number of amides is 1. The van der Waals surface area contributed by atoms with Crippen LogP contribution in [-0.2, 0) is 45.3 Å². The standard InChI is InChI=1S/C38H42N2O6/c41-27-31-16-18-32(19-17-31)35-22-34(26-40(24-29-8-3-1-4-9-29)25-30-10-5-2-6-11-30)45-38(46-35)33-20-14-28(15-21-33)23-39-36(42)12-7-13-37(43)44/h1-6,8-11,14-21,34-35,38,41H,7,12-13,22-27H2,(H,39,42)(H,43,44)/t34-,35+,38+/m1/s1. The van der Waals surface area contributed by atoms with E-state index in [0.29, 0.717) is 25.9 Å². The second kappa shape index (κ2) is 16.8. The first-order valence-electron chi connectivity index (χ1n) is 15.8. The molecule has 4 aromatic carbocycles. The summed E-state index contributed by atoms with van der Waals surface area (Å²) >= 11 is 0. The third kappa shape index (κ3) is 10.1. The van der Waals surface area contributed by atoms with Crippen LogP contribution >= 0.6 is 0 Å². The van der Waals surface area contributed by atoms with Crippen molar-refractivity contribution < 1.29 is 29.3 Å². The maximum absolute atomic E-state index is 12.1. The fourth-order valence-electron chi connectivity index (χ4n) is 5.67. The van der Waals surface area contributed by atoms with Gasteiger partial charge < -0.3 is 25.0 Å². The highest BCUT2D eigenvalue weighted by atomic mass is 16.7. The van der Waals surface area contributed by atoms with Crippen LogP contribution in [0.5, 0.6) is 0 Å². The average Bonchev–Trinajstić information content (AvgIpc) is 3.08. The number of nitrogens with one attached hydrogen (secondary N) is 1. The molecule has 1 heterocycles. The average molecular weight is 623 g/mol. The van der Waals surface area contributed by atoms with Gasteiger partial charge in [-0.3, -0.25) is 14.5 Å². The number of aliphatic hydroxyl groups is 1. The molecule has 0 spiro atoms. The van der Waals surface area contributed by atoms with Crippen LogP contribution in [0.2, 0.25) is 0 Å². The van der Waals surface area contributed by atoms with Crippen molar-refractivity contribution in [3.8, 4) is 0 Å². The van der Waals surface area contributed by atoms with Gasteiger partial charge in [0.05, 0.1) is 18.8 Å². The number of hydrogen-bond acceptors (Lipinski definition) is 6. The summed E-state index contributed by atoms with van der Waals surface area (Å²) in [5, 5.41) is 21.2. The summed E-state index contributed by atoms with van der Waals surface area (Å²) < 4.78 is 13.2. The molecular formula is C38H42N2O6. The Balaban J connectivity index is 1.31. The van der Waals surface area contributed by atoms with Crippen LogP contribution in [0.15, 0.2) is 109 Å². The molecule has 8 heteroatoms. The van der Waals surface area contributed by atoms with E-state index >= 15 is 0 Å². The highest BCUT2D eigenvalue weighted by Crippen LogP contribution is 2.38. The van der Waals surface area contributed by atoms with E-state index < -0.39 is 12.3 Å². The number of carbonyl (C=O) groups excluding carboxylic acids is 1. The summed E-state index contributed by atoms with van der Waals surface area (Å²) in [6.45, 7) is 2.63. The molecule has 0 saturated carbocycles. The van der Waals surface area contributed by atoms with Crippen molar-refractivity contribution in [2.75, 3.05) is 6.54 Å². The monoisotopic (exact) mass is 622 g/mol. The molecule has 0 unspecified atom stereocenters. The van der Waals surface area contributed by atoms with Crippen LogP contribution in [-0.4, -0.2) is 39.6 Å². The predicted molar refractivity (Wildman–Crippen MR) is 175 cm³/mol. The number of ether oxygens (including phenoxy) is 2. The Morgan fingerprint density at radius 2 is 1.30 bits per heavy atom. The van der Waals surface area contributed by atoms with Crippen LogP contribution in [0.1, 0.15) is 71.5 Å². The fourth-order valence-corrected chi connectivity index (χ4v) is 5.67. The van der Waals surface area contributed by atoms with Crippen molar-refractivity contribution in [3.63, 3.8) is 0 Å². The zero-order valence-corrected chi connectivity index (χ0v) is 26.0. The summed E-state index contributed by atoms with van der Waals surface area (Å²) in [6.07, 6.45) is 0.262. The molecule has 4 aromatic rings. The molecule has 1 amide bonds. The molecule has 1 aliphatic rings. The van der Waals surface area contributed by atoms with E-state index in [1.54, 1.807) is 0 Å². The van der Waals surface area contributed by atoms with Gasteiger partial charge in [-0.15, -0.1) is 0 Å². The maximum atomic E-state index is 12.1. The Morgan fingerprint density at radius 3 is 1.89 bits per heavy atom. The van der Waals surface area contributed by atoms with E-state index in [0.717, 1.165) is 35.3 Å². The molecule has 8 nitrogen and oxygen atoms in total. The van der Waals surface area contributed by atoms with Gasteiger partial charge in [0.15, 0.2) is 6.29 Å². The highest BCUT2D eigenvalue weighted by Gasteiger charge is 2.33. The number of carboxylic acids is 1. The number of carboxylic acid groups (broad SMARTS) is 1. The predicted octanol–water partition coefficient (Wildman–Crippen LogP) is 6.30. The zero-order valence-electron chi connectivity index (χ0n) is 26.0. The van der Waals surface area contributed by atoms with Crippen molar-refractivity contribution in [1.82, 2.24) is 10.2 Å². The van der Waals surface area contributed by atoms with Gasteiger partial charge >= 0.3 is 5.97 Å². The van der Waals surface area contributed by atoms with E-state index in [1.165, 1.54) is 11.1 Å². The molecule has 0 radical (unpaired) electrons. The maximum Gasteiger partial charge on any atom is 0.303 e. The Hall–Kier alpha value is -4.34. The van der Waals surface area contributed by atoms with Crippen molar-refractivity contribution in [2.45, 2.75) is 70.4 Å². The minimum atomic E-state index is -0.901. The number of benzene rings is 4. The van der Waals surface area contributed by atoms with Crippen molar-refractivity contribution in [3.05, 3.63) is 143 Å². The summed E-state index contributed by atoms with van der Waals surface area (Å²) in [6, 6.07) is 36.7. The molecule has 1 aliphatic heterocycles. The van der Waals surface area contributed by atoms with Gasteiger partial charge in [-0.1, -0.05) is 109 Å². The Bertz CT molecular complexity index is 1470. The Morgan fingerprint density at radius 1 is 0.717 bits per heavy atom. The SMILES string of the molecule is O=C(O)CCCC(=O)NCc1ccc([C@H]2O[C@@H](CN(Cc3ccccc3)Cc3ccccc3)C[C@@H](c3ccc(CO)cc3)O2)cc1. The van der Waals surface area contributed by atoms with Crippen LogP contribution in [0.25, 0.3) is 0 Å². The lowest BCUT2D eigenvalue weighted by Crippen LogP contribution is -2.39. The normalized spacial score (nSPS) is 17.9. The molecule has 0 aliphatic carbocycles. The van der Waals surface area contributed by atoms with E-state index in [2.05, 4.69) is 58.7 Å². The summed E-state index contributed by atoms with van der Waals surface area (Å²) in [5.41, 5.74) is 6.18. The number of hydrogen-bond donors (Lipinski definition) is 3. The van der Waals surface area contributed by atoms with Gasteiger partial charge in [-0.05, 0) is 34.2 Å². The topological polar surface area (TPSA) is 108 Å². The smallest absolute Gasteiger partial charge is 0.303 e. The molecule has 3 atom stereocenters.